The molecule has 1 aliphatic heterocycles. The number of rotatable bonds is 2. The highest BCUT2D eigenvalue weighted by Gasteiger charge is 2.38. The molecule has 0 N–H and O–H groups in total. The molecule has 0 fully saturated rings. The smallest absolute Gasteiger partial charge is 0.243 e. The maximum atomic E-state index is 12.7. The van der Waals surface area contributed by atoms with Gasteiger partial charge in [0.25, 0.3) is 0 Å². The average Bonchev–Trinajstić information content (AvgIpc) is 2.82. The second kappa shape index (κ2) is 4.68. The molecule has 0 saturated heterocycles. The second-order valence-electron chi connectivity index (χ2n) is 5.11. The minimum absolute atomic E-state index is 0.0295. The first kappa shape index (κ1) is 13.3. The molecule has 0 spiro atoms. The summed E-state index contributed by atoms with van der Waals surface area (Å²) in [5, 5.41) is 0. The van der Waals surface area contributed by atoms with E-state index in [0.29, 0.717) is 6.54 Å². The highest BCUT2D eigenvalue weighted by molar-refractivity contribution is 7.89. The van der Waals surface area contributed by atoms with Crippen LogP contribution in [0.2, 0.25) is 0 Å². The number of carbonyl (C=O) groups is 1. The standard InChI is InChI=1S/C15H15NO3S/c1-11-2-6-14(7-3-11)20(18,19)16-9-8-12-4-5-13(17)10-15(12)16/h2-8,15H,9-10H2,1H3. The van der Waals surface area contributed by atoms with Crippen LogP contribution in [0.15, 0.2) is 53.0 Å². The zero-order valence-electron chi connectivity index (χ0n) is 11.1. The minimum Gasteiger partial charge on any atom is -0.295 e. The van der Waals surface area contributed by atoms with Crippen molar-refractivity contribution in [2.24, 2.45) is 0 Å². The quantitative estimate of drug-likeness (QED) is 0.834. The fourth-order valence-electron chi connectivity index (χ4n) is 2.58. The molecule has 1 unspecified atom stereocenters. The molecule has 3 rings (SSSR count). The van der Waals surface area contributed by atoms with E-state index in [1.54, 1.807) is 30.3 Å². The number of aryl methyl sites for hydroxylation is 1. The van der Waals surface area contributed by atoms with Crippen LogP contribution in [0, 0.1) is 6.92 Å². The lowest BCUT2D eigenvalue weighted by Crippen LogP contribution is -2.39. The summed E-state index contributed by atoms with van der Waals surface area (Å²) < 4.78 is 26.7. The molecule has 1 heterocycles. The molecular formula is C15H15NO3S. The van der Waals surface area contributed by atoms with Crippen LogP contribution in [0.25, 0.3) is 0 Å². The van der Waals surface area contributed by atoms with E-state index in [1.165, 1.54) is 10.4 Å². The number of benzene rings is 1. The van der Waals surface area contributed by atoms with Crippen molar-refractivity contribution in [2.45, 2.75) is 24.3 Å². The predicted molar refractivity (Wildman–Crippen MR) is 75.7 cm³/mol. The summed E-state index contributed by atoms with van der Waals surface area (Å²) in [6.45, 7) is 2.24. The van der Waals surface area contributed by atoms with Crippen molar-refractivity contribution in [3.63, 3.8) is 0 Å². The molecule has 4 nitrogen and oxygen atoms in total. The number of ketones is 1. The lowest BCUT2D eigenvalue weighted by Gasteiger charge is -2.26. The maximum absolute atomic E-state index is 12.7. The number of sulfonamides is 1. The minimum atomic E-state index is -3.55. The summed E-state index contributed by atoms with van der Waals surface area (Å²) in [7, 11) is -3.55. The van der Waals surface area contributed by atoms with Gasteiger partial charge in [-0.3, -0.25) is 4.79 Å². The lowest BCUT2D eigenvalue weighted by atomic mass is 9.98. The zero-order chi connectivity index (χ0) is 14.3. The summed E-state index contributed by atoms with van der Waals surface area (Å²) >= 11 is 0. The highest BCUT2D eigenvalue weighted by Crippen LogP contribution is 2.31. The van der Waals surface area contributed by atoms with Gasteiger partial charge < -0.3 is 0 Å². The number of hydrogen-bond donors (Lipinski definition) is 0. The van der Waals surface area contributed by atoms with E-state index in [-0.39, 0.29) is 23.1 Å². The largest absolute Gasteiger partial charge is 0.295 e. The van der Waals surface area contributed by atoms with Gasteiger partial charge in [-0.15, -0.1) is 0 Å². The molecule has 1 aliphatic carbocycles. The number of allylic oxidation sites excluding steroid dienone is 1. The van der Waals surface area contributed by atoms with Crippen LogP contribution in [0.1, 0.15) is 12.0 Å². The van der Waals surface area contributed by atoms with Crippen LogP contribution >= 0.6 is 0 Å². The number of fused-ring (bicyclic) bond motifs is 1. The van der Waals surface area contributed by atoms with E-state index >= 15 is 0 Å². The SMILES string of the molecule is Cc1ccc(S(=O)(=O)N2CC=C3C=CC(=O)CC32)cc1. The summed E-state index contributed by atoms with van der Waals surface area (Å²) in [5.41, 5.74) is 1.93. The van der Waals surface area contributed by atoms with Crippen molar-refractivity contribution in [3.8, 4) is 0 Å². The third-order valence-electron chi connectivity index (χ3n) is 3.72. The van der Waals surface area contributed by atoms with Crippen LogP contribution in [0.5, 0.6) is 0 Å². The molecule has 2 aliphatic rings. The van der Waals surface area contributed by atoms with E-state index in [4.69, 9.17) is 0 Å². The van der Waals surface area contributed by atoms with E-state index in [2.05, 4.69) is 0 Å². The summed E-state index contributed by atoms with van der Waals surface area (Å²) in [6, 6.07) is 6.44. The normalized spacial score (nSPS) is 22.8. The Morgan fingerprint density at radius 2 is 1.85 bits per heavy atom. The van der Waals surface area contributed by atoms with Crippen LogP contribution in [-0.4, -0.2) is 31.1 Å². The van der Waals surface area contributed by atoms with Crippen LogP contribution in [-0.2, 0) is 14.8 Å². The van der Waals surface area contributed by atoms with Gasteiger partial charge in [-0.2, -0.15) is 4.31 Å². The van der Waals surface area contributed by atoms with E-state index < -0.39 is 10.0 Å². The van der Waals surface area contributed by atoms with Crippen molar-refractivity contribution in [1.29, 1.82) is 0 Å². The van der Waals surface area contributed by atoms with Crippen LogP contribution < -0.4 is 0 Å². The summed E-state index contributed by atoms with van der Waals surface area (Å²) in [5.74, 6) is -0.0295. The highest BCUT2D eigenvalue weighted by atomic mass is 32.2. The maximum Gasteiger partial charge on any atom is 0.243 e. The number of nitrogens with zero attached hydrogens (tertiary/aromatic N) is 1. The first-order valence-electron chi connectivity index (χ1n) is 6.48. The predicted octanol–water partition coefficient (Wildman–Crippen LogP) is 1.82. The molecule has 1 atom stereocenters. The molecule has 1 aromatic carbocycles. The zero-order valence-corrected chi connectivity index (χ0v) is 11.9. The molecule has 0 saturated carbocycles. The Kier molecular flexibility index (Phi) is 3.11. The Bertz CT molecular complexity index is 714. The number of carbonyl (C=O) groups excluding carboxylic acids is 1. The summed E-state index contributed by atoms with van der Waals surface area (Å²) in [4.78, 5) is 11.8. The van der Waals surface area contributed by atoms with Gasteiger partial charge in [0.15, 0.2) is 5.78 Å². The first-order valence-corrected chi connectivity index (χ1v) is 7.92. The van der Waals surface area contributed by atoms with Crippen molar-refractivity contribution < 1.29 is 13.2 Å². The van der Waals surface area contributed by atoms with Gasteiger partial charge in [-0.25, -0.2) is 8.42 Å². The van der Waals surface area contributed by atoms with E-state index in [9.17, 15) is 13.2 Å². The number of hydrogen-bond acceptors (Lipinski definition) is 3. The van der Waals surface area contributed by atoms with Gasteiger partial charge in [0.1, 0.15) is 0 Å². The van der Waals surface area contributed by atoms with Crippen molar-refractivity contribution >= 4 is 15.8 Å². The fourth-order valence-corrected chi connectivity index (χ4v) is 4.14. The molecular weight excluding hydrogens is 274 g/mol. The third kappa shape index (κ3) is 2.13. The molecule has 20 heavy (non-hydrogen) atoms. The Morgan fingerprint density at radius 1 is 1.15 bits per heavy atom. The molecule has 5 heteroatoms. The molecule has 104 valence electrons. The average molecular weight is 289 g/mol. The molecule has 0 aromatic heterocycles. The van der Waals surface area contributed by atoms with Crippen molar-refractivity contribution in [2.75, 3.05) is 6.54 Å². The Morgan fingerprint density at radius 3 is 2.55 bits per heavy atom. The van der Waals surface area contributed by atoms with E-state index in [1.807, 2.05) is 13.0 Å². The first-order chi connectivity index (χ1) is 9.48. The van der Waals surface area contributed by atoms with Gasteiger partial charge in [-0.05, 0) is 30.7 Å². The lowest BCUT2D eigenvalue weighted by molar-refractivity contribution is -0.115. The van der Waals surface area contributed by atoms with Gasteiger partial charge in [0.2, 0.25) is 10.0 Å². The second-order valence-corrected chi connectivity index (χ2v) is 7.00. The van der Waals surface area contributed by atoms with Gasteiger partial charge in [-0.1, -0.05) is 29.8 Å². The Balaban J connectivity index is 1.95. The van der Waals surface area contributed by atoms with Gasteiger partial charge >= 0.3 is 0 Å². The topological polar surface area (TPSA) is 54.5 Å². The Labute approximate surface area is 118 Å². The van der Waals surface area contributed by atoms with Crippen molar-refractivity contribution in [3.05, 3.63) is 53.6 Å². The molecule has 0 bridgehead atoms. The van der Waals surface area contributed by atoms with Gasteiger partial charge in [0.05, 0.1) is 10.9 Å². The molecule has 0 amide bonds. The molecule has 0 radical (unpaired) electrons. The third-order valence-corrected chi connectivity index (χ3v) is 5.61. The van der Waals surface area contributed by atoms with Crippen LogP contribution in [0.4, 0.5) is 0 Å². The monoisotopic (exact) mass is 289 g/mol. The Hall–Kier alpha value is -1.72. The molecule has 1 aromatic rings. The van der Waals surface area contributed by atoms with E-state index in [0.717, 1.165) is 11.1 Å². The van der Waals surface area contributed by atoms with Crippen molar-refractivity contribution in [1.82, 2.24) is 4.31 Å². The van der Waals surface area contributed by atoms with Crippen LogP contribution in [0.3, 0.4) is 0 Å². The fraction of sp³-hybridized carbons (Fsp3) is 0.267. The summed E-state index contributed by atoms with van der Waals surface area (Å²) in [6.07, 6.45) is 5.35. The van der Waals surface area contributed by atoms with Gasteiger partial charge in [0, 0.05) is 13.0 Å².